The molecule has 1 aromatic carbocycles. The number of rotatable bonds is 1. The van der Waals surface area contributed by atoms with E-state index in [1.54, 1.807) is 18.5 Å². The highest BCUT2D eigenvalue weighted by molar-refractivity contribution is 6.11. The van der Waals surface area contributed by atoms with Crippen molar-refractivity contribution in [3.05, 3.63) is 71.6 Å². The van der Waals surface area contributed by atoms with E-state index >= 15 is 0 Å². The average molecular weight is 221 g/mol. The fourth-order valence-corrected chi connectivity index (χ4v) is 2.15. The van der Waals surface area contributed by atoms with Gasteiger partial charge < -0.3 is 0 Å². The third-order valence-electron chi connectivity index (χ3n) is 3.00. The molecule has 0 saturated carbocycles. The Hall–Kier alpha value is -2.22. The monoisotopic (exact) mass is 221 g/mol. The number of aromatic nitrogens is 1. The Bertz CT molecular complexity index is 599. The zero-order valence-corrected chi connectivity index (χ0v) is 9.26. The van der Waals surface area contributed by atoms with Crippen LogP contribution in [0.5, 0.6) is 0 Å². The Labute approximate surface area is 99.6 Å². The van der Waals surface area contributed by atoms with Crippen LogP contribution < -0.4 is 0 Å². The van der Waals surface area contributed by atoms with Gasteiger partial charge in [-0.15, -0.1) is 0 Å². The first-order valence-corrected chi connectivity index (χ1v) is 5.58. The molecule has 0 unspecified atom stereocenters. The molecule has 0 atom stereocenters. The van der Waals surface area contributed by atoms with E-state index in [1.165, 1.54) is 0 Å². The van der Waals surface area contributed by atoms with Crippen molar-refractivity contribution in [3.63, 3.8) is 0 Å². The van der Waals surface area contributed by atoms with Crippen LogP contribution in [0.1, 0.15) is 21.5 Å². The van der Waals surface area contributed by atoms with Crippen molar-refractivity contribution in [2.45, 2.75) is 6.42 Å². The van der Waals surface area contributed by atoms with Crippen molar-refractivity contribution in [1.82, 2.24) is 4.98 Å². The molecule has 0 bridgehead atoms. The van der Waals surface area contributed by atoms with Gasteiger partial charge in [0.2, 0.25) is 0 Å². The lowest BCUT2D eigenvalue weighted by Crippen LogP contribution is -2.09. The van der Waals surface area contributed by atoms with Crippen LogP contribution in [0.2, 0.25) is 0 Å². The van der Waals surface area contributed by atoms with Gasteiger partial charge in [0.15, 0.2) is 5.78 Å². The Kier molecular flexibility index (Phi) is 2.33. The minimum absolute atomic E-state index is 0.0886. The van der Waals surface area contributed by atoms with Gasteiger partial charge in [0, 0.05) is 18.0 Å². The lowest BCUT2D eigenvalue weighted by atomic mass is 9.88. The van der Waals surface area contributed by atoms with E-state index in [9.17, 15) is 4.79 Å². The molecular formula is C15H11NO. The average Bonchev–Trinajstić information content (AvgIpc) is 2.40. The van der Waals surface area contributed by atoms with E-state index in [0.29, 0.717) is 0 Å². The summed E-state index contributed by atoms with van der Waals surface area (Å²) in [5, 5.41) is 0. The number of allylic oxidation sites excluding steroid dienone is 2. The fraction of sp³-hybridized carbons (Fsp3) is 0.0667. The molecule has 1 heterocycles. The summed E-state index contributed by atoms with van der Waals surface area (Å²) in [6.45, 7) is 0. The molecule has 0 N–H and O–H groups in total. The molecular weight excluding hydrogens is 210 g/mol. The number of pyridine rings is 1. The standard InChI is InChI=1S/C15H11NO/c17-15-9-13(12-5-3-7-16-10-12)8-11-4-1-2-6-14(11)15/h1-7,9-10H,8H2. The molecule has 2 nitrogen and oxygen atoms in total. The van der Waals surface area contributed by atoms with Gasteiger partial charge in [0.05, 0.1) is 0 Å². The van der Waals surface area contributed by atoms with E-state index in [1.807, 2.05) is 36.4 Å². The SMILES string of the molecule is O=C1C=C(c2cccnc2)Cc2ccccc21. The lowest BCUT2D eigenvalue weighted by molar-refractivity contribution is 0.104. The molecule has 0 amide bonds. The van der Waals surface area contributed by atoms with E-state index < -0.39 is 0 Å². The maximum atomic E-state index is 12.0. The largest absolute Gasteiger partial charge is 0.289 e. The van der Waals surface area contributed by atoms with E-state index in [4.69, 9.17) is 0 Å². The Morgan fingerprint density at radius 2 is 1.94 bits per heavy atom. The number of carbonyl (C=O) groups is 1. The minimum atomic E-state index is 0.0886. The van der Waals surface area contributed by atoms with Gasteiger partial charge in [-0.1, -0.05) is 30.3 Å². The van der Waals surface area contributed by atoms with Gasteiger partial charge in [0.1, 0.15) is 0 Å². The van der Waals surface area contributed by atoms with Gasteiger partial charge in [0.25, 0.3) is 0 Å². The third-order valence-corrected chi connectivity index (χ3v) is 3.00. The quantitative estimate of drug-likeness (QED) is 0.741. The van der Waals surface area contributed by atoms with Crippen molar-refractivity contribution in [3.8, 4) is 0 Å². The van der Waals surface area contributed by atoms with E-state index in [2.05, 4.69) is 4.98 Å². The highest BCUT2D eigenvalue weighted by Crippen LogP contribution is 2.26. The summed E-state index contributed by atoms with van der Waals surface area (Å²) in [4.78, 5) is 16.1. The van der Waals surface area contributed by atoms with E-state index in [0.717, 1.165) is 28.7 Å². The van der Waals surface area contributed by atoms with Crippen LogP contribution >= 0.6 is 0 Å². The topological polar surface area (TPSA) is 30.0 Å². The van der Waals surface area contributed by atoms with Gasteiger partial charge >= 0.3 is 0 Å². The van der Waals surface area contributed by atoms with Crippen molar-refractivity contribution < 1.29 is 4.79 Å². The fourth-order valence-electron chi connectivity index (χ4n) is 2.15. The molecule has 0 aliphatic heterocycles. The molecule has 3 rings (SSSR count). The number of nitrogens with zero attached hydrogens (tertiary/aromatic N) is 1. The number of hydrogen-bond donors (Lipinski definition) is 0. The first-order valence-electron chi connectivity index (χ1n) is 5.58. The van der Waals surface area contributed by atoms with Crippen LogP contribution in [-0.4, -0.2) is 10.8 Å². The van der Waals surface area contributed by atoms with Crippen molar-refractivity contribution in [2.75, 3.05) is 0 Å². The molecule has 17 heavy (non-hydrogen) atoms. The van der Waals surface area contributed by atoms with E-state index in [-0.39, 0.29) is 5.78 Å². The summed E-state index contributed by atoms with van der Waals surface area (Å²) in [5.41, 5.74) is 3.98. The Morgan fingerprint density at radius 1 is 1.06 bits per heavy atom. The van der Waals surface area contributed by atoms with Gasteiger partial charge in [-0.25, -0.2) is 0 Å². The predicted octanol–water partition coefficient (Wildman–Crippen LogP) is 2.90. The molecule has 0 fully saturated rings. The van der Waals surface area contributed by atoms with Crippen LogP contribution in [0.15, 0.2) is 54.9 Å². The predicted molar refractivity (Wildman–Crippen MR) is 66.7 cm³/mol. The van der Waals surface area contributed by atoms with Crippen LogP contribution in [0.3, 0.4) is 0 Å². The molecule has 0 spiro atoms. The summed E-state index contributed by atoms with van der Waals surface area (Å²) in [7, 11) is 0. The Morgan fingerprint density at radius 3 is 2.76 bits per heavy atom. The normalized spacial score (nSPS) is 14.1. The third kappa shape index (κ3) is 1.78. The molecule has 82 valence electrons. The van der Waals surface area contributed by atoms with Crippen LogP contribution in [-0.2, 0) is 6.42 Å². The zero-order valence-electron chi connectivity index (χ0n) is 9.26. The first kappa shape index (κ1) is 9.97. The van der Waals surface area contributed by atoms with Gasteiger partial charge in [-0.2, -0.15) is 0 Å². The van der Waals surface area contributed by atoms with Crippen molar-refractivity contribution in [1.29, 1.82) is 0 Å². The van der Waals surface area contributed by atoms with Crippen LogP contribution in [0, 0.1) is 0 Å². The maximum absolute atomic E-state index is 12.0. The lowest BCUT2D eigenvalue weighted by Gasteiger charge is -2.15. The summed E-state index contributed by atoms with van der Waals surface area (Å²) in [5.74, 6) is 0.0886. The van der Waals surface area contributed by atoms with Gasteiger partial charge in [-0.3, -0.25) is 9.78 Å². The smallest absolute Gasteiger partial charge is 0.186 e. The van der Waals surface area contributed by atoms with Crippen molar-refractivity contribution in [2.24, 2.45) is 0 Å². The Balaban J connectivity index is 2.05. The number of ketones is 1. The molecule has 1 aliphatic rings. The summed E-state index contributed by atoms with van der Waals surface area (Å²) in [6.07, 6.45) is 6.06. The summed E-state index contributed by atoms with van der Waals surface area (Å²) >= 11 is 0. The van der Waals surface area contributed by atoms with Crippen LogP contribution in [0.4, 0.5) is 0 Å². The van der Waals surface area contributed by atoms with Crippen LogP contribution in [0.25, 0.3) is 5.57 Å². The number of benzene rings is 1. The summed E-state index contributed by atoms with van der Waals surface area (Å²) < 4.78 is 0. The maximum Gasteiger partial charge on any atom is 0.186 e. The molecule has 1 aromatic heterocycles. The first-order chi connectivity index (χ1) is 8.34. The second-order valence-electron chi connectivity index (χ2n) is 4.11. The molecule has 2 heteroatoms. The second-order valence-corrected chi connectivity index (χ2v) is 4.11. The minimum Gasteiger partial charge on any atom is -0.289 e. The summed E-state index contributed by atoms with van der Waals surface area (Å²) in [6, 6.07) is 11.6. The molecule has 1 aliphatic carbocycles. The molecule has 2 aromatic rings. The second kappa shape index (κ2) is 3.98. The highest BCUT2D eigenvalue weighted by atomic mass is 16.1. The highest BCUT2D eigenvalue weighted by Gasteiger charge is 2.17. The number of hydrogen-bond acceptors (Lipinski definition) is 2. The molecule has 0 radical (unpaired) electrons. The number of carbonyl (C=O) groups excluding carboxylic acids is 1. The molecule has 0 saturated heterocycles. The van der Waals surface area contributed by atoms with Crippen molar-refractivity contribution >= 4 is 11.4 Å². The number of fused-ring (bicyclic) bond motifs is 1. The zero-order chi connectivity index (χ0) is 11.7. The van der Waals surface area contributed by atoms with Gasteiger partial charge in [-0.05, 0) is 35.3 Å².